The summed E-state index contributed by atoms with van der Waals surface area (Å²) < 4.78 is 48.9. The molecule has 134 valence electrons. The predicted molar refractivity (Wildman–Crippen MR) is 78.1 cm³/mol. The van der Waals surface area contributed by atoms with Gasteiger partial charge in [0.2, 0.25) is 0 Å². The summed E-state index contributed by atoms with van der Waals surface area (Å²) in [5, 5.41) is 5.23. The number of carbonyl (C=O) groups excluding carboxylic acids is 1. The Morgan fingerprint density at radius 2 is 2.04 bits per heavy atom. The number of urea groups is 1. The summed E-state index contributed by atoms with van der Waals surface area (Å²) in [6.45, 7) is 1.98. The van der Waals surface area contributed by atoms with E-state index in [0.717, 1.165) is 19.4 Å². The van der Waals surface area contributed by atoms with Crippen LogP contribution >= 0.6 is 0 Å². The van der Waals surface area contributed by atoms with Crippen LogP contribution in [-0.2, 0) is 9.47 Å². The smallest absolute Gasteiger partial charge is 0.377 e. The Labute approximate surface area is 134 Å². The third-order valence-corrected chi connectivity index (χ3v) is 4.33. The molecule has 1 aliphatic carbocycles. The summed E-state index contributed by atoms with van der Waals surface area (Å²) in [6, 6.07) is -0.846. The van der Waals surface area contributed by atoms with E-state index in [9.17, 15) is 18.0 Å². The zero-order valence-electron chi connectivity index (χ0n) is 13.2. The Morgan fingerprint density at radius 3 is 2.74 bits per heavy atom. The third kappa shape index (κ3) is 6.55. The first-order valence-corrected chi connectivity index (χ1v) is 8.25. The quantitative estimate of drug-likeness (QED) is 0.732. The molecule has 0 aromatic rings. The van der Waals surface area contributed by atoms with Crippen LogP contribution in [0, 0.1) is 5.92 Å². The van der Waals surface area contributed by atoms with Crippen LogP contribution < -0.4 is 10.6 Å². The highest BCUT2D eigenvalue weighted by Gasteiger charge is 2.42. The van der Waals surface area contributed by atoms with Gasteiger partial charge in [0, 0.05) is 19.2 Å². The number of hydrogen-bond acceptors (Lipinski definition) is 3. The molecule has 8 heteroatoms. The molecule has 3 atom stereocenters. The normalized spacial score (nSPS) is 28.6. The Kier molecular flexibility index (Phi) is 6.95. The summed E-state index contributed by atoms with van der Waals surface area (Å²) in [4.78, 5) is 11.7. The van der Waals surface area contributed by atoms with Crippen molar-refractivity contribution in [3.8, 4) is 0 Å². The van der Waals surface area contributed by atoms with Gasteiger partial charge in [-0.1, -0.05) is 6.42 Å². The highest BCUT2D eigenvalue weighted by Crippen LogP contribution is 2.37. The zero-order valence-corrected chi connectivity index (χ0v) is 13.2. The lowest BCUT2D eigenvalue weighted by Gasteiger charge is -2.31. The van der Waals surface area contributed by atoms with Gasteiger partial charge < -0.3 is 20.1 Å². The maximum absolute atomic E-state index is 12.7. The maximum atomic E-state index is 12.7. The zero-order chi connectivity index (χ0) is 16.7. The van der Waals surface area contributed by atoms with Crippen LogP contribution in [0.15, 0.2) is 0 Å². The number of rotatable bonds is 6. The molecule has 3 unspecified atom stereocenters. The minimum Gasteiger partial charge on any atom is -0.377 e. The van der Waals surface area contributed by atoms with Crippen molar-refractivity contribution in [2.24, 2.45) is 5.92 Å². The molecule has 2 rings (SSSR count). The SMILES string of the molecule is O=C(NCCOCC1CCCO1)NC1CCCC(C(F)(F)F)C1. The largest absolute Gasteiger partial charge is 0.391 e. The molecule has 2 fully saturated rings. The lowest BCUT2D eigenvalue weighted by atomic mass is 9.85. The minimum atomic E-state index is -4.17. The summed E-state index contributed by atoms with van der Waals surface area (Å²) in [6.07, 6.45) is -0.787. The number of ether oxygens (including phenoxy) is 2. The molecule has 5 nitrogen and oxygen atoms in total. The molecule has 23 heavy (non-hydrogen) atoms. The number of carbonyl (C=O) groups is 1. The molecule has 1 saturated carbocycles. The fourth-order valence-electron chi connectivity index (χ4n) is 3.08. The van der Waals surface area contributed by atoms with Crippen molar-refractivity contribution in [3.05, 3.63) is 0 Å². The van der Waals surface area contributed by atoms with Crippen LogP contribution in [-0.4, -0.2) is 50.7 Å². The fourth-order valence-corrected chi connectivity index (χ4v) is 3.08. The maximum Gasteiger partial charge on any atom is 0.391 e. The molecule has 0 aromatic heterocycles. The van der Waals surface area contributed by atoms with Crippen molar-refractivity contribution < 1.29 is 27.4 Å². The van der Waals surface area contributed by atoms with Crippen molar-refractivity contribution in [2.45, 2.75) is 56.8 Å². The Bertz CT molecular complexity index is 373. The van der Waals surface area contributed by atoms with Crippen LogP contribution in [0.1, 0.15) is 38.5 Å². The van der Waals surface area contributed by atoms with Gasteiger partial charge in [-0.3, -0.25) is 0 Å². The Balaban J connectivity index is 1.55. The van der Waals surface area contributed by atoms with E-state index < -0.39 is 24.2 Å². The van der Waals surface area contributed by atoms with Gasteiger partial charge in [-0.05, 0) is 32.1 Å². The number of amides is 2. The molecule has 2 amide bonds. The third-order valence-electron chi connectivity index (χ3n) is 4.33. The molecule has 2 aliphatic rings. The Hall–Kier alpha value is -1.02. The molecule has 1 aliphatic heterocycles. The minimum absolute atomic E-state index is 0.0353. The fraction of sp³-hybridized carbons (Fsp3) is 0.933. The average Bonchev–Trinajstić information content (AvgIpc) is 2.99. The molecular weight excluding hydrogens is 313 g/mol. The van der Waals surface area contributed by atoms with E-state index >= 15 is 0 Å². The number of hydrogen-bond donors (Lipinski definition) is 2. The second-order valence-corrected chi connectivity index (χ2v) is 6.21. The molecule has 0 bridgehead atoms. The van der Waals surface area contributed by atoms with Crippen LogP contribution in [0.3, 0.4) is 0 Å². The number of nitrogens with one attached hydrogen (secondary N) is 2. The average molecular weight is 338 g/mol. The summed E-state index contributed by atoms with van der Waals surface area (Å²) in [5.74, 6) is -1.31. The molecule has 0 radical (unpaired) electrons. The lowest BCUT2D eigenvalue weighted by Crippen LogP contribution is -2.46. The van der Waals surface area contributed by atoms with E-state index in [-0.39, 0.29) is 18.9 Å². The van der Waals surface area contributed by atoms with Gasteiger partial charge in [0.05, 0.1) is 25.2 Å². The van der Waals surface area contributed by atoms with Gasteiger partial charge in [-0.25, -0.2) is 4.79 Å². The highest BCUT2D eigenvalue weighted by molar-refractivity contribution is 5.74. The molecule has 2 N–H and O–H groups in total. The highest BCUT2D eigenvalue weighted by atomic mass is 19.4. The van der Waals surface area contributed by atoms with Crippen molar-refractivity contribution in [1.29, 1.82) is 0 Å². The molecule has 0 aromatic carbocycles. The standard InChI is InChI=1S/C15H25F3N2O3/c16-15(17,18)11-3-1-4-12(9-11)20-14(21)19-6-8-22-10-13-5-2-7-23-13/h11-13H,1-10H2,(H2,19,20,21). The van der Waals surface area contributed by atoms with E-state index in [1.807, 2.05) is 0 Å². The van der Waals surface area contributed by atoms with E-state index in [1.165, 1.54) is 0 Å². The van der Waals surface area contributed by atoms with Crippen molar-refractivity contribution >= 4 is 6.03 Å². The van der Waals surface area contributed by atoms with Gasteiger partial charge in [0.15, 0.2) is 0 Å². The van der Waals surface area contributed by atoms with Gasteiger partial charge in [0.25, 0.3) is 0 Å². The van der Waals surface area contributed by atoms with E-state index in [1.54, 1.807) is 0 Å². The van der Waals surface area contributed by atoms with Gasteiger partial charge >= 0.3 is 12.2 Å². The Morgan fingerprint density at radius 1 is 1.22 bits per heavy atom. The van der Waals surface area contributed by atoms with Crippen molar-refractivity contribution in [2.75, 3.05) is 26.4 Å². The monoisotopic (exact) mass is 338 g/mol. The van der Waals surface area contributed by atoms with Crippen molar-refractivity contribution in [3.63, 3.8) is 0 Å². The lowest BCUT2D eigenvalue weighted by molar-refractivity contribution is -0.183. The van der Waals surface area contributed by atoms with Crippen LogP contribution in [0.25, 0.3) is 0 Å². The second-order valence-electron chi connectivity index (χ2n) is 6.21. The van der Waals surface area contributed by atoms with E-state index in [0.29, 0.717) is 32.6 Å². The van der Waals surface area contributed by atoms with E-state index in [4.69, 9.17) is 9.47 Å². The molecule has 0 spiro atoms. The first-order chi connectivity index (χ1) is 10.9. The first kappa shape index (κ1) is 18.3. The van der Waals surface area contributed by atoms with Gasteiger partial charge in [-0.2, -0.15) is 13.2 Å². The number of alkyl halides is 3. The van der Waals surface area contributed by atoms with Gasteiger partial charge in [0.1, 0.15) is 0 Å². The molecule has 1 heterocycles. The van der Waals surface area contributed by atoms with Crippen LogP contribution in [0.5, 0.6) is 0 Å². The van der Waals surface area contributed by atoms with Gasteiger partial charge in [-0.15, -0.1) is 0 Å². The van der Waals surface area contributed by atoms with Crippen LogP contribution in [0.4, 0.5) is 18.0 Å². The van der Waals surface area contributed by atoms with Crippen molar-refractivity contribution in [1.82, 2.24) is 10.6 Å². The first-order valence-electron chi connectivity index (χ1n) is 8.25. The second kappa shape index (κ2) is 8.73. The molecular formula is C15H25F3N2O3. The summed E-state index contributed by atoms with van der Waals surface area (Å²) in [5.41, 5.74) is 0. The summed E-state index contributed by atoms with van der Waals surface area (Å²) >= 11 is 0. The molecule has 1 saturated heterocycles. The van der Waals surface area contributed by atoms with Crippen LogP contribution in [0.2, 0.25) is 0 Å². The van der Waals surface area contributed by atoms with E-state index in [2.05, 4.69) is 10.6 Å². The summed E-state index contributed by atoms with van der Waals surface area (Å²) in [7, 11) is 0. The topological polar surface area (TPSA) is 59.6 Å². The predicted octanol–water partition coefficient (Wildman–Crippen LogP) is 2.60. The number of halogens is 3.